The molecule has 94 valence electrons. The van der Waals surface area contributed by atoms with E-state index >= 15 is 0 Å². The highest BCUT2D eigenvalue weighted by molar-refractivity contribution is 6.33. The van der Waals surface area contributed by atoms with Gasteiger partial charge in [-0.2, -0.15) is 0 Å². The van der Waals surface area contributed by atoms with Gasteiger partial charge < -0.3 is 5.32 Å². The van der Waals surface area contributed by atoms with Gasteiger partial charge in [-0.15, -0.1) is 0 Å². The maximum Gasteiger partial charge on any atom is 0.125 e. The minimum atomic E-state index is -0.236. The van der Waals surface area contributed by atoms with Crippen LogP contribution in [0.3, 0.4) is 0 Å². The second kappa shape index (κ2) is 5.72. The molecule has 1 fully saturated rings. The Morgan fingerprint density at radius 2 is 2.24 bits per heavy atom. The normalized spacial score (nSPS) is 24.6. The Kier molecular flexibility index (Phi) is 4.27. The SMILES string of the molecule is CCC1CCCC(Nc2cc(F)ccc2Cl)C1. The molecule has 1 aromatic carbocycles. The molecule has 1 aliphatic rings. The van der Waals surface area contributed by atoms with E-state index in [9.17, 15) is 4.39 Å². The summed E-state index contributed by atoms with van der Waals surface area (Å²) in [5.41, 5.74) is 0.730. The van der Waals surface area contributed by atoms with Crippen LogP contribution in [0.15, 0.2) is 18.2 Å². The average Bonchev–Trinajstić information content (AvgIpc) is 2.34. The molecule has 0 radical (unpaired) electrons. The van der Waals surface area contributed by atoms with Gasteiger partial charge in [-0.05, 0) is 37.0 Å². The largest absolute Gasteiger partial charge is 0.381 e. The van der Waals surface area contributed by atoms with Crippen LogP contribution >= 0.6 is 11.6 Å². The topological polar surface area (TPSA) is 12.0 Å². The van der Waals surface area contributed by atoms with Gasteiger partial charge >= 0.3 is 0 Å². The predicted octanol–water partition coefficient (Wildman–Crippen LogP) is 4.86. The molecule has 2 atom stereocenters. The summed E-state index contributed by atoms with van der Waals surface area (Å²) < 4.78 is 13.1. The monoisotopic (exact) mass is 255 g/mol. The van der Waals surface area contributed by atoms with Gasteiger partial charge in [0.25, 0.3) is 0 Å². The van der Waals surface area contributed by atoms with Crippen LogP contribution < -0.4 is 5.32 Å². The van der Waals surface area contributed by atoms with Crippen molar-refractivity contribution in [1.82, 2.24) is 0 Å². The molecular weight excluding hydrogens is 237 g/mol. The van der Waals surface area contributed by atoms with Crippen molar-refractivity contribution in [2.75, 3.05) is 5.32 Å². The van der Waals surface area contributed by atoms with Gasteiger partial charge in [0, 0.05) is 6.04 Å². The second-order valence-electron chi connectivity index (χ2n) is 4.91. The lowest BCUT2D eigenvalue weighted by atomic mass is 9.84. The number of anilines is 1. The molecule has 1 nitrogen and oxygen atoms in total. The van der Waals surface area contributed by atoms with Crippen molar-refractivity contribution in [3.8, 4) is 0 Å². The molecule has 17 heavy (non-hydrogen) atoms. The fourth-order valence-corrected chi connectivity index (χ4v) is 2.79. The molecule has 1 aromatic rings. The quantitative estimate of drug-likeness (QED) is 0.813. The number of halogens is 2. The van der Waals surface area contributed by atoms with Crippen molar-refractivity contribution in [2.45, 2.75) is 45.1 Å². The fourth-order valence-electron chi connectivity index (χ4n) is 2.62. The van der Waals surface area contributed by atoms with E-state index in [2.05, 4.69) is 12.2 Å². The molecule has 1 aliphatic carbocycles. The minimum Gasteiger partial charge on any atom is -0.381 e. The number of hydrogen-bond acceptors (Lipinski definition) is 1. The summed E-state index contributed by atoms with van der Waals surface area (Å²) in [6, 6.07) is 4.92. The van der Waals surface area contributed by atoms with Gasteiger partial charge in [0.15, 0.2) is 0 Å². The van der Waals surface area contributed by atoms with Gasteiger partial charge in [-0.3, -0.25) is 0 Å². The molecule has 1 N–H and O–H groups in total. The summed E-state index contributed by atoms with van der Waals surface area (Å²) in [4.78, 5) is 0. The van der Waals surface area contributed by atoms with E-state index in [1.54, 1.807) is 6.07 Å². The minimum absolute atomic E-state index is 0.236. The van der Waals surface area contributed by atoms with Crippen LogP contribution in [0.1, 0.15) is 39.0 Å². The number of benzene rings is 1. The highest BCUT2D eigenvalue weighted by Crippen LogP contribution is 2.31. The Balaban J connectivity index is 2.02. The van der Waals surface area contributed by atoms with Crippen molar-refractivity contribution < 1.29 is 4.39 Å². The maximum atomic E-state index is 13.1. The van der Waals surface area contributed by atoms with Gasteiger partial charge in [-0.1, -0.05) is 37.8 Å². The Labute approximate surface area is 107 Å². The standard InChI is InChI=1S/C14H19ClFN/c1-2-10-4-3-5-12(8-10)17-14-9-11(16)6-7-13(14)15/h6-7,9-10,12,17H,2-5,8H2,1H3. The Bertz CT molecular complexity index is 380. The van der Waals surface area contributed by atoms with Gasteiger partial charge in [0.05, 0.1) is 10.7 Å². The summed E-state index contributed by atoms with van der Waals surface area (Å²) in [6.45, 7) is 2.24. The third-order valence-corrected chi connectivity index (χ3v) is 3.98. The lowest BCUT2D eigenvalue weighted by Crippen LogP contribution is -2.27. The molecule has 0 spiro atoms. The van der Waals surface area contributed by atoms with Crippen molar-refractivity contribution in [2.24, 2.45) is 5.92 Å². The molecule has 1 saturated carbocycles. The number of hydrogen-bond donors (Lipinski definition) is 1. The fraction of sp³-hybridized carbons (Fsp3) is 0.571. The zero-order valence-electron chi connectivity index (χ0n) is 10.2. The van der Waals surface area contributed by atoms with Crippen LogP contribution in [0.5, 0.6) is 0 Å². The summed E-state index contributed by atoms with van der Waals surface area (Å²) >= 11 is 6.06. The first-order valence-corrected chi connectivity index (χ1v) is 6.78. The van der Waals surface area contributed by atoms with E-state index in [0.29, 0.717) is 11.1 Å². The molecule has 2 unspecified atom stereocenters. The van der Waals surface area contributed by atoms with Crippen LogP contribution in [0.4, 0.5) is 10.1 Å². The highest BCUT2D eigenvalue weighted by atomic mass is 35.5. The van der Waals surface area contributed by atoms with E-state index < -0.39 is 0 Å². The van der Waals surface area contributed by atoms with Crippen LogP contribution in [0.25, 0.3) is 0 Å². The van der Waals surface area contributed by atoms with Gasteiger partial charge in [0.1, 0.15) is 5.82 Å². The van der Waals surface area contributed by atoms with E-state index in [-0.39, 0.29) is 5.82 Å². The van der Waals surface area contributed by atoms with Crippen molar-refractivity contribution in [1.29, 1.82) is 0 Å². The summed E-state index contributed by atoms with van der Waals surface area (Å²) in [6.07, 6.45) is 6.14. The molecule has 0 bridgehead atoms. The lowest BCUT2D eigenvalue weighted by Gasteiger charge is -2.30. The highest BCUT2D eigenvalue weighted by Gasteiger charge is 2.21. The number of nitrogens with one attached hydrogen (secondary N) is 1. The molecule has 3 heteroatoms. The Morgan fingerprint density at radius 3 is 3.00 bits per heavy atom. The van der Waals surface area contributed by atoms with E-state index in [1.165, 1.54) is 37.8 Å². The van der Waals surface area contributed by atoms with E-state index in [0.717, 1.165) is 18.0 Å². The molecule has 0 aliphatic heterocycles. The van der Waals surface area contributed by atoms with Gasteiger partial charge in [0.2, 0.25) is 0 Å². The molecule has 0 heterocycles. The Hall–Kier alpha value is -0.760. The van der Waals surface area contributed by atoms with E-state index in [4.69, 9.17) is 11.6 Å². The summed E-state index contributed by atoms with van der Waals surface area (Å²) in [7, 11) is 0. The van der Waals surface area contributed by atoms with Crippen LogP contribution in [-0.2, 0) is 0 Å². The van der Waals surface area contributed by atoms with Crippen molar-refractivity contribution in [3.05, 3.63) is 29.0 Å². The van der Waals surface area contributed by atoms with Crippen LogP contribution in [0.2, 0.25) is 5.02 Å². The third-order valence-electron chi connectivity index (χ3n) is 3.65. The molecule has 0 aromatic heterocycles. The average molecular weight is 256 g/mol. The first kappa shape index (κ1) is 12.7. The molecule has 2 rings (SSSR count). The smallest absolute Gasteiger partial charge is 0.125 e. The van der Waals surface area contributed by atoms with Crippen LogP contribution in [0, 0.1) is 11.7 Å². The zero-order valence-corrected chi connectivity index (χ0v) is 10.9. The van der Waals surface area contributed by atoms with Crippen molar-refractivity contribution in [3.63, 3.8) is 0 Å². The number of rotatable bonds is 3. The maximum absolute atomic E-state index is 13.1. The summed E-state index contributed by atoms with van der Waals surface area (Å²) in [5, 5.41) is 3.98. The van der Waals surface area contributed by atoms with Crippen LogP contribution in [-0.4, -0.2) is 6.04 Å². The van der Waals surface area contributed by atoms with Crippen molar-refractivity contribution >= 4 is 17.3 Å². The third kappa shape index (κ3) is 3.35. The molecular formula is C14H19ClFN. The first-order chi connectivity index (χ1) is 8.19. The lowest BCUT2D eigenvalue weighted by molar-refractivity contribution is 0.327. The predicted molar refractivity (Wildman–Crippen MR) is 71.1 cm³/mol. The first-order valence-electron chi connectivity index (χ1n) is 6.40. The zero-order chi connectivity index (χ0) is 12.3. The molecule has 0 saturated heterocycles. The van der Waals surface area contributed by atoms with E-state index in [1.807, 2.05) is 0 Å². The second-order valence-corrected chi connectivity index (χ2v) is 5.31. The Morgan fingerprint density at radius 1 is 1.41 bits per heavy atom. The van der Waals surface area contributed by atoms with Gasteiger partial charge in [-0.25, -0.2) is 4.39 Å². The molecule has 0 amide bonds. The summed E-state index contributed by atoms with van der Waals surface area (Å²) in [5.74, 6) is 0.563.